The van der Waals surface area contributed by atoms with E-state index in [1.807, 2.05) is 20.8 Å². The number of hydrogen-bond acceptors (Lipinski definition) is 1. The Morgan fingerprint density at radius 3 is 2.00 bits per heavy atom. The molecule has 0 saturated heterocycles. The molecule has 0 radical (unpaired) electrons. The van der Waals surface area contributed by atoms with Crippen molar-refractivity contribution in [2.24, 2.45) is 5.92 Å². The molecule has 0 bridgehead atoms. The molecule has 3 nitrogen and oxygen atoms in total. The number of amides is 2. The van der Waals surface area contributed by atoms with E-state index in [1.54, 1.807) is 0 Å². The molecule has 0 aromatic heterocycles. The molecule has 0 aliphatic carbocycles. The van der Waals surface area contributed by atoms with Crippen molar-refractivity contribution < 1.29 is 4.79 Å². The Labute approximate surface area is 94.0 Å². The number of rotatable bonds is 4. The molecule has 15 heavy (non-hydrogen) atoms. The van der Waals surface area contributed by atoms with Gasteiger partial charge < -0.3 is 10.6 Å². The summed E-state index contributed by atoms with van der Waals surface area (Å²) in [6, 6.07) is 0.171. The molecule has 2 amide bonds. The maximum atomic E-state index is 11.6. The summed E-state index contributed by atoms with van der Waals surface area (Å²) in [5, 5.41) is 5.89. The minimum atomic E-state index is -0.169. The fraction of sp³-hybridized carbons (Fsp3) is 0.917. The molecular formula is C12H26N2O. The lowest BCUT2D eigenvalue weighted by Crippen LogP contribution is -2.50. The normalized spacial score (nSPS) is 13.8. The van der Waals surface area contributed by atoms with E-state index >= 15 is 0 Å². The number of nitrogens with one attached hydrogen (secondary N) is 2. The van der Waals surface area contributed by atoms with Crippen LogP contribution in [0.1, 0.15) is 54.4 Å². The lowest BCUT2D eigenvalue weighted by molar-refractivity contribution is 0.222. The van der Waals surface area contributed by atoms with Crippen LogP contribution in [0.2, 0.25) is 0 Å². The SMILES string of the molecule is CCC(CC)C(C)NC(=O)NC(C)(C)C. The molecule has 90 valence electrons. The van der Waals surface area contributed by atoms with E-state index in [9.17, 15) is 4.79 Å². The van der Waals surface area contributed by atoms with E-state index in [-0.39, 0.29) is 17.6 Å². The van der Waals surface area contributed by atoms with E-state index in [0.29, 0.717) is 5.92 Å². The van der Waals surface area contributed by atoms with Crippen LogP contribution in [0.3, 0.4) is 0 Å². The first-order chi connectivity index (χ1) is 6.80. The van der Waals surface area contributed by atoms with Crippen molar-refractivity contribution in [1.29, 1.82) is 0 Å². The third-order valence-corrected chi connectivity index (χ3v) is 2.60. The number of carbonyl (C=O) groups is 1. The van der Waals surface area contributed by atoms with Crippen molar-refractivity contribution >= 4 is 6.03 Å². The van der Waals surface area contributed by atoms with Gasteiger partial charge in [0.05, 0.1) is 0 Å². The Morgan fingerprint density at radius 1 is 1.20 bits per heavy atom. The van der Waals surface area contributed by atoms with Crippen LogP contribution in [-0.2, 0) is 0 Å². The van der Waals surface area contributed by atoms with Crippen LogP contribution >= 0.6 is 0 Å². The molecule has 0 spiro atoms. The summed E-state index contributed by atoms with van der Waals surface area (Å²) in [5.74, 6) is 0.565. The van der Waals surface area contributed by atoms with Crippen molar-refractivity contribution in [2.75, 3.05) is 0 Å². The van der Waals surface area contributed by atoms with E-state index in [0.717, 1.165) is 12.8 Å². The number of urea groups is 1. The largest absolute Gasteiger partial charge is 0.335 e. The van der Waals surface area contributed by atoms with Crippen LogP contribution in [-0.4, -0.2) is 17.6 Å². The molecule has 3 heteroatoms. The van der Waals surface area contributed by atoms with E-state index in [1.165, 1.54) is 0 Å². The van der Waals surface area contributed by atoms with Crippen LogP contribution < -0.4 is 10.6 Å². The van der Waals surface area contributed by atoms with Gasteiger partial charge in [0, 0.05) is 11.6 Å². The first kappa shape index (κ1) is 14.3. The molecule has 0 aliphatic rings. The molecule has 0 fully saturated rings. The molecule has 2 N–H and O–H groups in total. The van der Waals surface area contributed by atoms with Crippen LogP contribution in [0.4, 0.5) is 4.79 Å². The van der Waals surface area contributed by atoms with Gasteiger partial charge in [-0.2, -0.15) is 0 Å². The zero-order valence-corrected chi connectivity index (χ0v) is 11.0. The quantitative estimate of drug-likeness (QED) is 0.742. The summed E-state index contributed by atoms with van der Waals surface area (Å²) in [7, 11) is 0. The highest BCUT2D eigenvalue weighted by Gasteiger charge is 2.18. The second-order valence-electron chi connectivity index (χ2n) is 5.21. The van der Waals surface area contributed by atoms with Gasteiger partial charge >= 0.3 is 6.03 Å². The van der Waals surface area contributed by atoms with Gasteiger partial charge in [-0.1, -0.05) is 26.7 Å². The molecule has 0 rings (SSSR count). The Kier molecular flexibility index (Phi) is 5.69. The monoisotopic (exact) mass is 214 g/mol. The molecule has 0 saturated carbocycles. The summed E-state index contributed by atoms with van der Waals surface area (Å²) >= 11 is 0. The molecular weight excluding hydrogens is 188 g/mol. The van der Waals surface area contributed by atoms with E-state index < -0.39 is 0 Å². The van der Waals surface area contributed by atoms with Gasteiger partial charge in [-0.05, 0) is 33.6 Å². The standard InChI is InChI=1S/C12H26N2O/c1-7-10(8-2)9(3)13-11(15)14-12(4,5)6/h9-10H,7-8H2,1-6H3,(H2,13,14,15). The van der Waals surface area contributed by atoms with Crippen molar-refractivity contribution in [2.45, 2.75) is 66.0 Å². The minimum Gasteiger partial charge on any atom is -0.335 e. The molecule has 1 unspecified atom stereocenters. The lowest BCUT2D eigenvalue weighted by Gasteiger charge is -2.26. The summed E-state index contributed by atoms with van der Waals surface area (Å²) in [5.41, 5.74) is -0.169. The number of hydrogen-bond donors (Lipinski definition) is 2. The summed E-state index contributed by atoms with van der Waals surface area (Å²) in [6.07, 6.45) is 2.21. The van der Waals surface area contributed by atoms with Crippen LogP contribution in [0.5, 0.6) is 0 Å². The summed E-state index contributed by atoms with van der Waals surface area (Å²) in [6.45, 7) is 12.3. The Balaban J connectivity index is 4.06. The minimum absolute atomic E-state index is 0.0677. The smallest absolute Gasteiger partial charge is 0.315 e. The van der Waals surface area contributed by atoms with Crippen molar-refractivity contribution in [3.63, 3.8) is 0 Å². The third kappa shape index (κ3) is 6.37. The van der Waals surface area contributed by atoms with E-state index in [2.05, 4.69) is 31.4 Å². The predicted molar refractivity (Wildman–Crippen MR) is 65.0 cm³/mol. The zero-order chi connectivity index (χ0) is 12.1. The molecule has 0 aliphatic heterocycles. The van der Waals surface area contributed by atoms with Crippen LogP contribution in [0, 0.1) is 5.92 Å². The first-order valence-electron chi connectivity index (χ1n) is 5.88. The Morgan fingerprint density at radius 2 is 1.67 bits per heavy atom. The lowest BCUT2D eigenvalue weighted by atomic mass is 9.96. The van der Waals surface area contributed by atoms with Gasteiger partial charge in [0.2, 0.25) is 0 Å². The highest BCUT2D eigenvalue weighted by molar-refractivity contribution is 5.74. The average molecular weight is 214 g/mol. The van der Waals surface area contributed by atoms with Gasteiger partial charge in [-0.3, -0.25) is 0 Å². The van der Waals surface area contributed by atoms with Crippen LogP contribution in [0.25, 0.3) is 0 Å². The summed E-state index contributed by atoms with van der Waals surface area (Å²) in [4.78, 5) is 11.6. The fourth-order valence-electron chi connectivity index (χ4n) is 1.70. The molecule has 0 aromatic rings. The fourth-order valence-corrected chi connectivity index (χ4v) is 1.70. The highest BCUT2D eigenvalue weighted by Crippen LogP contribution is 2.12. The van der Waals surface area contributed by atoms with Gasteiger partial charge in [0.25, 0.3) is 0 Å². The molecule has 0 heterocycles. The third-order valence-electron chi connectivity index (χ3n) is 2.60. The van der Waals surface area contributed by atoms with Gasteiger partial charge in [-0.15, -0.1) is 0 Å². The zero-order valence-electron chi connectivity index (χ0n) is 11.0. The second-order valence-corrected chi connectivity index (χ2v) is 5.21. The first-order valence-corrected chi connectivity index (χ1v) is 5.88. The summed E-state index contributed by atoms with van der Waals surface area (Å²) < 4.78 is 0. The van der Waals surface area contributed by atoms with E-state index in [4.69, 9.17) is 0 Å². The van der Waals surface area contributed by atoms with Crippen molar-refractivity contribution in [3.05, 3.63) is 0 Å². The molecule has 0 aromatic carbocycles. The van der Waals surface area contributed by atoms with Crippen molar-refractivity contribution in [3.8, 4) is 0 Å². The van der Waals surface area contributed by atoms with Gasteiger partial charge in [-0.25, -0.2) is 4.79 Å². The molecule has 1 atom stereocenters. The maximum Gasteiger partial charge on any atom is 0.315 e. The Hall–Kier alpha value is -0.730. The second kappa shape index (κ2) is 5.99. The van der Waals surface area contributed by atoms with Gasteiger partial charge in [0.1, 0.15) is 0 Å². The van der Waals surface area contributed by atoms with Crippen LogP contribution in [0.15, 0.2) is 0 Å². The topological polar surface area (TPSA) is 41.1 Å². The highest BCUT2D eigenvalue weighted by atomic mass is 16.2. The van der Waals surface area contributed by atoms with Crippen molar-refractivity contribution in [1.82, 2.24) is 10.6 Å². The average Bonchev–Trinajstić information content (AvgIpc) is 2.02. The predicted octanol–water partition coefficient (Wildman–Crippen LogP) is 2.91. The van der Waals surface area contributed by atoms with Gasteiger partial charge in [0.15, 0.2) is 0 Å². The Bertz CT molecular complexity index is 192. The maximum absolute atomic E-state index is 11.6. The number of carbonyl (C=O) groups excluding carboxylic acids is 1.